The maximum Gasteiger partial charge on any atom is 0.211 e. The highest BCUT2D eigenvalue weighted by atomic mass is 79.9. The van der Waals surface area contributed by atoms with Crippen LogP contribution in [0.15, 0.2) is 34.9 Å². The molecule has 0 saturated heterocycles. The number of nitrogens with zero attached hydrogens (tertiary/aromatic N) is 1. The molecule has 6 nitrogen and oxygen atoms in total. The zero-order valence-corrected chi connectivity index (χ0v) is 14.7. The van der Waals surface area contributed by atoms with Gasteiger partial charge >= 0.3 is 0 Å². The summed E-state index contributed by atoms with van der Waals surface area (Å²) in [6, 6.07) is 7.97. The van der Waals surface area contributed by atoms with Crippen LogP contribution in [-0.2, 0) is 16.6 Å². The van der Waals surface area contributed by atoms with Crippen LogP contribution in [-0.4, -0.2) is 37.2 Å². The van der Waals surface area contributed by atoms with Crippen LogP contribution in [0.4, 0.5) is 0 Å². The molecule has 8 heteroatoms. The molecular weight excluding hydrogens is 368 g/mol. The van der Waals surface area contributed by atoms with E-state index < -0.39 is 10.0 Å². The minimum absolute atomic E-state index is 0.0984. The van der Waals surface area contributed by atoms with Crippen molar-refractivity contribution < 1.29 is 8.42 Å². The van der Waals surface area contributed by atoms with E-state index in [1.165, 1.54) is 0 Å². The van der Waals surface area contributed by atoms with Crippen LogP contribution in [0.3, 0.4) is 0 Å². The molecule has 0 aliphatic carbocycles. The van der Waals surface area contributed by atoms with Gasteiger partial charge < -0.3 is 10.3 Å². The van der Waals surface area contributed by atoms with Gasteiger partial charge in [-0.15, -0.1) is 0 Å². The highest BCUT2D eigenvalue weighted by molar-refractivity contribution is 9.10. The lowest BCUT2D eigenvalue weighted by Gasteiger charge is -2.05. The van der Waals surface area contributed by atoms with Gasteiger partial charge in [0.1, 0.15) is 5.82 Å². The van der Waals surface area contributed by atoms with Crippen molar-refractivity contribution in [1.29, 1.82) is 0 Å². The van der Waals surface area contributed by atoms with Crippen LogP contribution in [0.25, 0.3) is 11.3 Å². The molecule has 0 bridgehead atoms. The first-order valence-electron chi connectivity index (χ1n) is 6.98. The van der Waals surface area contributed by atoms with Crippen molar-refractivity contribution in [3.63, 3.8) is 0 Å². The lowest BCUT2D eigenvalue weighted by atomic mass is 10.2. The third-order valence-corrected chi connectivity index (χ3v) is 4.96. The lowest BCUT2D eigenvalue weighted by Crippen LogP contribution is -2.32. The second-order valence-corrected chi connectivity index (χ2v) is 7.74. The highest BCUT2D eigenvalue weighted by Gasteiger charge is 2.05. The Morgan fingerprint density at radius 3 is 2.86 bits per heavy atom. The molecule has 0 unspecified atom stereocenters. The number of halogens is 1. The fourth-order valence-electron chi connectivity index (χ4n) is 1.86. The summed E-state index contributed by atoms with van der Waals surface area (Å²) < 4.78 is 26.0. The van der Waals surface area contributed by atoms with E-state index >= 15 is 0 Å². The number of hydrogen-bond acceptors (Lipinski definition) is 4. The Balaban J connectivity index is 1.81. The third kappa shape index (κ3) is 5.20. The predicted molar refractivity (Wildman–Crippen MR) is 90.9 cm³/mol. The second kappa shape index (κ2) is 7.87. The van der Waals surface area contributed by atoms with Gasteiger partial charge in [0.2, 0.25) is 10.0 Å². The van der Waals surface area contributed by atoms with Gasteiger partial charge in [0, 0.05) is 23.1 Å². The Kier molecular flexibility index (Phi) is 6.13. The molecule has 0 fully saturated rings. The summed E-state index contributed by atoms with van der Waals surface area (Å²) in [6.07, 6.45) is 1.79. The third-order valence-electron chi connectivity index (χ3n) is 3.06. The topological polar surface area (TPSA) is 86.9 Å². The van der Waals surface area contributed by atoms with E-state index in [2.05, 4.69) is 35.9 Å². The zero-order valence-electron chi connectivity index (χ0n) is 12.3. The number of aromatic amines is 1. The van der Waals surface area contributed by atoms with E-state index in [0.717, 1.165) is 21.6 Å². The summed E-state index contributed by atoms with van der Waals surface area (Å²) in [7, 11) is -3.12. The fourth-order valence-corrected chi connectivity index (χ4v) is 2.88. The Morgan fingerprint density at radius 2 is 2.14 bits per heavy atom. The summed E-state index contributed by atoms with van der Waals surface area (Å²) in [5.74, 6) is 0.912. The average Bonchev–Trinajstić information content (AvgIpc) is 2.96. The minimum Gasteiger partial charge on any atom is -0.341 e. The standard InChI is InChI=1S/C14H19BrN4O2S/c1-2-22(20,21)18-7-6-16-10-14-17-9-13(19-14)11-4-3-5-12(15)8-11/h3-5,8-9,16,18H,2,6-7,10H2,1H3,(H,17,19). The van der Waals surface area contributed by atoms with Gasteiger partial charge in [0.15, 0.2) is 0 Å². The van der Waals surface area contributed by atoms with E-state index in [1.54, 1.807) is 13.1 Å². The quantitative estimate of drug-likeness (QED) is 0.604. The normalized spacial score (nSPS) is 11.7. The monoisotopic (exact) mass is 386 g/mol. The van der Waals surface area contributed by atoms with Crippen molar-refractivity contribution in [3.8, 4) is 11.3 Å². The molecule has 0 atom stereocenters. The van der Waals surface area contributed by atoms with Crippen molar-refractivity contribution in [2.75, 3.05) is 18.8 Å². The predicted octanol–water partition coefficient (Wildman–Crippen LogP) is 1.87. The Hall–Kier alpha value is -1.22. The number of nitrogens with one attached hydrogen (secondary N) is 3. The van der Waals surface area contributed by atoms with Crippen molar-refractivity contribution in [3.05, 3.63) is 40.8 Å². The molecule has 2 rings (SSSR count). The van der Waals surface area contributed by atoms with Crippen molar-refractivity contribution in [2.24, 2.45) is 0 Å². The van der Waals surface area contributed by atoms with Crippen LogP contribution in [0, 0.1) is 0 Å². The molecule has 0 spiro atoms. The summed E-state index contributed by atoms with van der Waals surface area (Å²) in [5.41, 5.74) is 2.01. The molecule has 3 N–H and O–H groups in total. The largest absolute Gasteiger partial charge is 0.341 e. The van der Waals surface area contributed by atoms with Crippen molar-refractivity contribution in [1.82, 2.24) is 20.0 Å². The first-order valence-corrected chi connectivity index (χ1v) is 9.42. The Bertz CT molecular complexity index is 715. The minimum atomic E-state index is -3.12. The fraction of sp³-hybridized carbons (Fsp3) is 0.357. The number of H-pyrrole nitrogens is 1. The summed E-state index contributed by atoms with van der Waals surface area (Å²) in [4.78, 5) is 7.55. The Morgan fingerprint density at radius 1 is 1.32 bits per heavy atom. The SMILES string of the molecule is CCS(=O)(=O)NCCNCc1ncc(-c2cccc(Br)c2)[nH]1. The van der Waals surface area contributed by atoms with Crippen LogP contribution in [0.1, 0.15) is 12.7 Å². The van der Waals surface area contributed by atoms with Gasteiger partial charge in [0.25, 0.3) is 0 Å². The van der Waals surface area contributed by atoms with E-state index in [-0.39, 0.29) is 5.75 Å². The molecule has 0 radical (unpaired) electrons. The van der Waals surface area contributed by atoms with Gasteiger partial charge in [-0.25, -0.2) is 18.1 Å². The average molecular weight is 387 g/mol. The number of sulfonamides is 1. The number of aromatic nitrogens is 2. The molecule has 0 aliphatic rings. The van der Waals surface area contributed by atoms with Crippen LogP contribution in [0.5, 0.6) is 0 Å². The summed E-state index contributed by atoms with van der Waals surface area (Å²) in [6.45, 7) is 3.09. The molecule has 0 aliphatic heterocycles. The van der Waals surface area contributed by atoms with Gasteiger partial charge in [-0.2, -0.15) is 0 Å². The van der Waals surface area contributed by atoms with E-state index in [4.69, 9.17) is 0 Å². The second-order valence-electron chi connectivity index (χ2n) is 4.73. The molecule has 0 amide bonds. The van der Waals surface area contributed by atoms with Crippen molar-refractivity contribution >= 4 is 26.0 Å². The Labute approximate surface area is 138 Å². The van der Waals surface area contributed by atoms with E-state index in [0.29, 0.717) is 19.6 Å². The first-order chi connectivity index (χ1) is 10.5. The lowest BCUT2D eigenvalue weighted by molar-refractivity contribution is 0.576. The zero-order chi connectivity index (χ0) is 16.0. The molecule has 22 heavy (non-hydrogen) atoms. The first kappa shape index (κ1) is 17.1. The van der Waals surface area contributed by atoms with Gasteiger partial charge in [0.05, 0.1) is 24.2 Å². The van der Waals surface area contributed by atoms with Gasteiger partial charge in [-0.05, 0) is 19.1 Å². The van der Waals surface area contributed by atoms with E-state index in [9.17, 15) is 8.42 Å². The van der Waals surface area contributed by atoms with E-state index in [1.807, 2.05) is 24.3 Å². The molecule has 1 heterocycles. The summed E-state index contributed by atoms with van der Waals surface area (Å²) in [5, 5.41) is 3.14. The van der Waals surface area contributed by atoms with Crippen molar-refractivity contribution in [2.45, 2.75) is 13.5 Å². The van der Waals surface area contributed by atoms with Crippen LogP contribution >= 0.6 is 15.9 Å². The molecule has 1 aromatic carbocycles. The number of hydrogen-bond donors (Lipinski definition) is 3. The number of imidazole rings is 1. The number of rotatable bonds is 8. The molecule has 1 aromatic heterocycles. The van der Waals surface area contributed by atoms with Gasteiger partial charge in [-0.3, -0.25) is 0 Å². The molecular formula is C14H19BrN4O2S. The maximum absolute atomic E-state index is 11.3. The van der Waals surface area contributed by atoms with Gasteiger partial charge in [-0.1, -0.05) is 28.1 Å². The molecule has 120 valence electrons. The smallest absolute Gasteiger partial charge is 0.211 e. The van der Waals surface area contributed by atoms with Crippen LogP contribution in [0.2, 0.25) is 0 Å². The maximum atomic E-state index is 11.3. The number of benzene rings is 1. The molecule has 0 saturated carbocycles. The molecule has 2 aromatic rings. The van der Waals surface area contributed by atoms with Crippen LogP contribution < -0.4 is 10.0 Å². The summed E-state index contributed by atoms with van der Waals surface area (Å²) >= 11 is 3.44. The highest BCUT2D eigenvalue weighted by Crippen LogP contribution is 2.21.